The van der Waals surface area contributed by atoms with Crippen molar-refractivity contribution in [2.45, 2.75) is 20.4 Å². The molecule has 1 N–H and O–H groups in total. The largest absolute Gasteiger partial charge is 0.342 e. The quantitative estimate of drug-likeness (QED) is 0.849. The van der Waals surface area contributed by atoms with Crippen molar-refractivity contribution >= 4 is 5.91 Å². The zero-order valence-corrected chi connectivity index (χ0v) is 11.2. The van der Waals surface area contributed by atoms with Crippen molar-refractivity contribution < 1.29 is 9.18 Å². The summed E-state index contributed by atoms with van der Waals surface area (Å²) in [5, 5.41) is 11.7. The molecule has 0 saturated heterocycles. The lowest BCUT2D eigenvalue weighted by molar-refractivity contribution is -0.129. The lowest BCUT2D eigenvalue weighted by Crippen LogP contribution is -2.37. The van der Waals surface area contributed by atoms with Crippen LogP contribution in [0.25, 0.3) is 0 Å². The van der Waals surface area contributed by atoms with Gasteiger partial charge in [0.1, 0.15) is 5.82 Å². The van der Waals surface area contributed by atoms with Crippen molar-refractivity contribution in [1.82, 2.24) is 10.2 Å². The maximum atomic E-state index is 13.5. The number of likely N-dealkylation sites (N-methyl/N-ethyl adjacent to an activating group) is 1. The summed E-state index contributed by atoms with van der Waals surface area (Å²) < 4.78 is 13.5. The van der Waals surface area contributed by atoms with Crippen LogP contribution in [-0.4, -0.2) is 30.4 Å². The molecule has 0 aliphatic rings. The lowest BCUT2D eigenvalue weighted by Gasteiger charge is -2.18. The molecule has 0 aliphatic heterocycles. The van der Waals surface area contributed by atoms with Crippen LogP contribution >= 0.6 is 0 Å². The Morgan fingerprint density at radius 3 is 2.68 bits per heavy atom. The SMILES string of the molecule is CCN(CC)C(=O)CNCc1cc(C#N)ccc1F. The zero-order valence-electron chi connectivity index (χ0n) is 11.2. The Labute approximate surface area is 112 Å². The van der Waals surface area contributed by atoms with Crippen molar-refractivity contribution in [3.05, 3.63) is 35.1 Å². The van der Waals surface area contributed by atoms with Gasteiger partial charge in [0.05, 0.1) is 18.2 Å². The fraction of sp³-hybridized carbons (Fsp3) is 0.429. The van der Waals surface area contributed by atoms with Gasteiger partial charge < -0.3 is 10.2 Å². The Hall–Kier alpha value is -1.93. The lowest BCUT2D eigenvalue weighted by atomic mass is 10.1. The molecule has 0 spiro atoms. The first-order valence-corrected chi connectivity index (χ1v) is 6.29. The molecule has 0 aromatic heterocycles. The van der Waals surface area contributed by atoms with Crippen molar-refractivity contribution in [1.29, 1.82) is 5.26 Å². The van der Waals surface area contributed by atoms with Gasteiger partial charge in [-0.15, -0.1) is 0 Å². The molecule has 1 rings (SSSR count). The zero-order chi connectivity index (χ0) is 14.3. The van der Waals surface area contributed by atoms with E-state index < -0.39 is 0 Å². The van der Waals surface area contributed by atoms with Gasteiger partial charge in [-0.3, -0.25) is 4.79 Å². The number of hydrogen-bond acceptors (Lipinski definition) is 3. The van der Waals surface area contributed by atoms with Crippen LogP contribution in [0.2, 0.25) is 0 Å². The smallest absolute Gasteiger partial charge is 0.236 e. The number of nitriles is 1. The van der Waals surface area contributed by atoms with Gasteiger partial charge in [0.15, 0.2) is 0 Å². The number of rotatable bonds is 6. The summed E-state index contributed by atoms with van der Waals surface area (Å²) in [6.07, 6.45) is 0. The molecule has 0 aliphatic carbocycles. The van der Waals surface area contributed by atoms with Gasteiger partial charge in [0, 0.05) is 25.2 Å². The van der Waals surface area contributed by atoms with Gasteiger partial charge in [-0.2, -0.15) is 5.26 Å². The highest BCUT2D eigenvalue weighted by molar-refractivity contribution is 5.78. The van der Waals surface area contributed by atoms with Crippen molar-refractivity contribution in [3.63, 3.8) is 0 Å². The minimum atomic E-state index is -0.373. The number of carbonyl (C=O) groups excluding carboxylic acids is 1. The van der Waals surface area contributed by atoms with Crippen LogP contribution in [0.4, 0.5) is 4.39 Å². The van der Waals surface area contributed by atoms with Crippen LogP contribution in [0.15, 0.2) is 18.2 Å². The fourth-order valence-electron chi connectivity index (χ4n) is 1.77. The fourth-order valence-corrected chi connectivity index (χ4v) is 1.77. The van der Waals surface area contributed by atoms with Crippen molar-refractivity contribution in [2.24, 2.45) is 0 Å². The highest BCUT2D eigenvalue weighted by atomic mass is 19.1. The Morgan fingerprint density at radius 2 is 2.11 bits per heavy atom. The molecule has 1 amide bonds. The summed E-state index contributed by atoms with van der Waals surface area (Å²) in [5.74, 6) is -0.386. The molecule has 0 saturated carbocycles. The summed E-state index contributed by atoms with van der Waals surface area (Å²) in [6.45, 7) is 5.55. The van der Waals surface area contributed by atoms with E-state index in [2.05, 4.69) is 5.32 Å². The molecule has 102 valence electrons. The number of amides is 1. The first kappa shape index (κ1) is 15.1. The minimum absolute atomic E-state index is 0.0122. The van der Waals surface area contributed by atoms with Crippen LogP contribution in [0.3, 0.4) is 0 Å². The molecule has 0 radical (unpaired) electrons. The van der Waals surface area contributed by atoms with Gasteiger partial charge in [-0.05, 0) is 32.0 Å². The normalized spacial score (nSPS) is 10.0. The summed E-state index contributed by atoms with van der Waals surface area (Å²) in [4.78, 5) is 13.4. The van der Waals surface area contributed by atoms with Crippen LogP contribution in [0, 0.1) is 17.1 Å². The highest BCUT2D eigenvalue weighted by Crippen LogP contribution is 2.09. The maximum Gasteiger partial charge on any atom is 0.236 e. The third-order valence-corrected chi connectivity index (χ3v) is 2.88. The number of halogens is 1. The second kappa shape index (κ2) is 7.49. The third kappa shape index (κ3) is 4.34. The predicted octanol–water partition coefficient (Wildman–Crippen LogP) is 1.66. The second-order valence-electron chi connectivity index (χ2n) is 4.09. The Morgan fingerprint density at radius 1 is 1.42 bits per heavy atom. The Balaban J connectivity index is 2.54. The van der Waals surface area contributed by atoms with Crippen LogP contribution in [0.1, 0.15) is 25.0 Å². The Kier molecular flexibility index (Phi) is 5.97. The number of benzene rings is 1. The molecule has 0 bridgehead atoms. The Bertz CT molecular complexity index is 478. The monoisotopic (exact) mass is 263 g/mol. The van der Waals surface area contributed by atoms with Crippen LogP contribution in [0.5, 0.6) is 0 Å². The average molecular weight is 263 g/mol. The number of nitrogens with one attached hydrogen (secondary N) is 1. The van der Waals surface area contributed by atoms with Crippen molar-refractivity contribution in [2.75, 3.05) is 19.6 Å². The third-order valence-electron chi connectivity index (χ3n) is 2.88. The van der Waals surface area contributed by atoms with E-state index in [1.54, 1.807) is 4.90 Å². The molecule has 1 aromatic carbocycles. The summed E-state index contributed by atoms with van der Waals surface area (Å²) >= 11 is 0. The molecule has 0 unspecified atom stereocenters. The minimum Gasteiger partial charge on any atom is -0.342 e. The summed E-state index contributed by atoms with van der Waals surface area (Å²) in [5.41, 5.74) is 0.805. The molecule has 1 aromatic rings. The van der Waals surface area contributed by atoms with E-state index in [-0.39, 0.29) is 24.8 Å². The maximum absolute atomic E-state index is 13.5. The van der Waals surface area contributed by atoms with Gasteiger partial charge in [-0.25, -0.2) is 4.39 Å². The summed E-state index contributed by atoms with van der Waals surface area (Å²) in [7, 11) is 0. The molecule has 19 heavy (non-hydrogen) atoms. The second-order valence-corrected chi connectivity index (χ2v) is 4.09. The topological polar surface area (TPSA) is 56.1 Å². The van der Waals surface area contributed by atoms with E-state index in [0.29, 0.717) is 24.2 Å². The van der Waals surface area contributed by atoms with E-state index in [9.17, 15) is 9.18 Å². The molecular weight excluding hydrogens is 245 g/mol. The molecular formula is C14H18FN3O. The number of nitrogens with zero attached hydrogens (tertiary/aromatic N) is 2. The molecule has 0 atom stereocenters. The number of hydrogen-bond donors (Lipinski definition) is 1. The average Bonchev–Trinajstić information content (AvgIpc) is 2.42. The van der Waals surface area contributed by atoms with Crippen LogP contribution in [-0.2, 0) is 11.3 Å². The highest BCUT2D eigenvalue weighted by Gasteiger charge is 2.09. The predicted molar refractivity (Wildman–Crippen MR) is 70.7 cm³/mol. The first-order valence-electron chi connectivity index (χ1n) is 6.29. The van der Waals surface area contributed by atoms with Crippen molar-refractivity contribution in [3.8, 4) is 6.07 Å². The van der Waals surface area contributed by atoms with E-state index in [1.807, 2.05) is 19.9 Å². The molecule has 0 fully saturated rings. The number of carbonyl (C=O) groups is 1. The van der Waals surface area contributed by atoms with Gasteiger partial charge in [-0.1, -0.05) is 0 Å². The van der Waals surface area contributed by atoms with Gasteiger partial charge in [0.2, 0.25) is 5.91 Å². The van der Waals surface area contributed by atoms with Crippen LogP contribution < -0.4 is 5.32 Å². The first-order chi connectivity index (χ1) is 9.12. The van der Waals surface area contributed by atoms with E-state index >= 15 is 0 Å². The molecule has 0 heterocycles. The van der Waals surface area contributed by atoms with Gasteiger partial charge >= 0.3 is 0 Å². The summed E-state index contributed by atoms with van der Waals surface area (Å²) in [6, 6.07) is 6.15. The van der Waals surface area contributed by atoms with E-state index in [0.717, 1.165) is 0 Å². The van der Waals surface area contributed by atoms with E-state index in [1.165, 1.54) is 18.2 Å². The standard InChI is InChI=1S/C14H18FN3O/c1-3-18(4-2)14(19)10-17-9-12-7-11(8-16)5-6-13(12)15/h5-7,17H,3-4,9-10H2,1-2H3. The molecule has 5 heteroatoms. The van der Waals surface area contributed by atoms with E-state index in [4.69, 9.17) is 5.26 Å². The van der Waals surface area contributed by atoms with Gasteiger partial charge in [0.25, 0.3) is 0 Å². The molecule has 4 nitrogen and oxygen atoms in total.